The first kappa shape index (κ1) is 27.8. The van der Waals surface area contributed by atoms with Crippen LogP contribution >= 0.6 is 11.6 Å². The second kappa shape index (κ2) is 11.1. The molecule has 7 nitrogen and oxygen atoms in total. The smallest absolute Gasteiger partial charge is 0.475 e. The van der Waals surface area contributed by atoms with E-state index in [-0.39, 0.29) is 10.8 Å². The van der Waals surface area contributed by atoms with Crippen LogP contribution in [0.2, 0.25) is 5.02 Å². The van der Waals surface area contributed by atoms with E-state index < -0.39 is 27.6 Å². The van der Waals surface area contributed by atoms with Crippen molar-refractivity contribution in [3.05, 3.63) is 59.1 Å². The van der Waals surface area contributed by atoms with Crippen molar-refractivity contribution in [1.29, 1.82) is 0 Å². The Labute approximate surface area is 212 Å². The molecule has 2 aliphatic carbocycles. The van der Waals surface area contributed by atoms with Crippen molar-refractivity contribution in [2.75, 3.05) is 4.72 Å². The number of rotatable bonds is 6. The van der Waals surface area contributed by atoms with Crippen molar-refractivity contribution in [3.8, 4) is 0 Å². The number of amides is 1. The molecule has 0 spiro atoms. The fraction of sp³-hybridized carbons (Fsp3) is 0.417. The molecule has 12 heteroatoms. The summed E-state index contributed by atoms with van der Waals surface area (Å²) >= 11 is 5.83. The van der Waals surface area contributed by atoms with Crippen molar-refractivity contribution in [2.45, 2.75) is 67.5 Å². The number of benzene rings is 2. The fourth-order valence-corrected chi connectivity index (χ4v) is 5.21. The lowest BCUT2D eigenvalue weighted by Gasteiger charge is -2.25. The molecule has 0 aliphatic heterocycles. The number of aliphatic carboxylic acids is 1. The summed E-state index contributed by atoms with van der Waals surface area (Å²) < 4.78 is 59.3. The maximum atomic E-state index is 12.9. The van der Waals surface area contributed by atoms with E-state index in [2.05, 4.69) is 10.0 Å². The number of hydrogen-bond donors (Lipinski definition) is 3. The molecule has 0 saturated heterocycles. The number of carboxylic acids is 1. The minimum Gasteiger partial charge on any atom is -0.475 e. The van der Waals surface area contributed by atoms with Crippen LogP contribution in [-0.2, 0) is 25.0 Å². The number of carbonyl (C=O) groups is 2. The Hall–Kier alpha value is -2.79. The quantitative estimate of drug-likeness (QED) is 0.458. The third-order valence-electron chi connectivity index (χ3n) is 6.18. The molecule has 2 aromatic rings. The molecule has 36 heavy (non-hydrogen) atoms. The third-order valence-corrected chi connectivity index (χ3v) is 7.83. The first-order chi connectivity index (χ1) is 16.8. The molecular formula is C24H26ClF3N2O5S. The van der Waals surface area contributed by atoms with E-state index in [4.69, 9.17) is 21.5 Å². The van der Waals surface area contributed by atoms with Gasteiger partial charge in [-0.05, 0) is 67.6 Å². The topological polar surface area (TPSA) is 113 Å². The highest BCUT2D eigenvalue weighted by atomic mass is 35.5. The van der Waals surface area contributed by atoms with Gasteiger partial charge in [0.1, 0.15) is 0 Å². The van der Waals surface area contributed by atoms with E-state index >= 15 is 0 Å². The number of anilines is 1. The number of sulfonamides is 1. The summed E-state index contributed by atoms with van der Waals surface area (Å²) in [6.45, 7) is 0. The van der Waals surface area contributed by atoms with E-state index in [0.717, 1.165) is 31.2 Å². The van der Waals surface area contributed by atoms with Gasteiger partial charge in [0, 0.05) is 16.8 Å². The van der Waals surface area contributed by atoms with E-state index in [1.54, 1.807) is 24.3 Å². The zero-order valence-electron chi connectivity index (χ0n) is 19.1. The second-order valence-corrected chi connectivity index (χ2v) is 10.9. The van der Waals surface area contributed by atoms with Crippen LogP contribution in [0.5, 0.6) is 0 Å². The lowest BCUT2D eigenvalue weighted by molar-refractivity contribution is -0.192. The molecule has 0 bridgehead atoms. The average Bonchev–Trinajstić information content (AvgIpc) is 3.62. The molecule has 3 N–H and O–H groups in total. The van der Waals surface area contributed by atoms with E-state index in [1.165, 1.54) is 31.4 Å². The summed E-state index contributed by atoms with van der Waals surface area (Å²) in [5.74, 6) is -2.65. The lowest BCUT2D eigenvalue weighted by atomic mass is 9.91. The zero-order valence-corrected chi connectivity index (χ0v) is 20.7. The van der Waals surface area contributed by atoms with Gasteiger partial charge < -0.3 is 10.4 Å². The summed E-state index contributed by atoms with van der Waals surface area (Å²) in [7, 11) is -3.69. The van der Waals surface area contributed by atoms with Gasteiger partial charge in [-0.1, -0.05) is 43.0 Å². The number of halogens is 4. The predicted octanol–water partition coefficient (Wildman–Crippen LogP) is 5.25. The molecule has 2 saturated carbocycles. The molecule has 4 rings (SSSR count). The molecule has 1 amide bonds. The van der Waals surface area contributed by atoms with Gasteiger partial charge in [-0.15, -0.1) is 0 Å². The lowest BCUT2D eigenvalue weighted by Crippen LogP contribution is -2.42. The van der Waals surface area contributed by atoms with Crippen LogP contribution in [0.4, 0.5) is 18.9 Å². The highest BCUT2D eigenvalue weighted by molar-refractivity contribution is 7.92. The molecule has 2 fully saturated rings. The Kier molecular flexibility index (Phi) is 8.55. The van der Waals surface area contributed by atoms with E-state index in [1.807, 2.05) is 12.1 Å². The summed E-state index contributed by atoms with van der Waals surface area (Å²) in [5.41, 5.74) is 0.956. The second-order valence-electron chi connectivity index (χ2n) is 8.83. The Balaban J connectivity index is 0.000000454. The van der Waals surface area contributed by atoms with Crippen LogP contribution in [0.15, 0.2) is 53.4 Å². The molecule has 0 heterocycles. The molecule has 196 valence electrons. The van der Waals surface area contributed by atoms with Gasteiger partial charge in [0.05, 0.1) is 10.3 Å². The van der Waals surface area contributed by atoms with E-state index in [0.29, 0.717) is 16.8 Å². The first-order valence-electron chi connectivity index (χ1n) is 11.3. The molecule has 2 aromatic carbocycles. The molecule has 0 aromatic heterocycles. The van der Waals surface area contributed by atoms with Crippen LogP contribution in [0.25, 0.3) is 0 Å². The standard InChI is InChI=1S/C22H25ClN2O3S.C2HF3O2/c23-17-8-12-20(13-9-17)29(27,28)25-19-10-6-16(7-11-19)22(14-15-22)21(26)24-18-4-2-1-3-5-18;3-2(4,5)1(6)7/h6-13,18,25H,1-5,14-15H2,(H,24,26);(H,6,7). The number of carboxylic acid groups (broad SMARTS) is 1. The molecule has 2 aliphatic rings. The summed E-state index contributed by atoms with van der Waals surface area (Å²) in [5, 5.41) is 10.8. The van der Waals surface area contributed by atoms with Gasteiger partial charge in [-0.25, -0.2) is 13.2 Å². The van der Waals surface area contributed by atoms with Crippen LogP contribution in [0.1, 0.15) is 50.5 Å². The van der Waals surface area contributed by atoms with Gasteiger partial charge in [-0.2, -0.15) is 13.2 Å². The van der Waals surface area contributed by atoms with Crippen LogP contribution in [0, 0.1) is 0 Å². The molecular weight excluding hydrogens is 521 g/mol. The minimum atomic E-state index is -5.08. The molecule has 0 unspecified atom stereocenters. The van der Waals surface area contributed by atoms with Gasteiger partial charge in [0.15, 0.2) is 0 Å². The normalized spacial score (nSPS) is 17.3. The Morgan fingerprint density at radius 2 is 1.47 bits per heavy atom. The number of nitrogens with one attached hydrogen (secondary N) is 2. The summed E-state index contributed by atoms with van der Waals surface area (Å²) in [4.78, 5) is 21.9. The summed E-state index contributed by atoms with van der Waals surface area (Å²) in [6.07, 6.45) is 2.33. The third kappa shape index (κ3) is 7.13. The highest BCUT2D eigenvalue weighted by Gasteiger charge is 2.51. The number of carbonyl (C=O) groups excluding carboxylic acids is 1. The van der Waals surface area contributed by atoms with Crippen LogP contribution in [-0.4, -0.2) is 37.6 Å². The van der Waals surface area contributed by atoms with Crippen molar-refractivity contribution in [1.82, 2.24) is 5.32 Å². The number of alkyl halides is 3. The maximum absolute atomic E-state index is 12.9. The van der Waals surface area contributed by atoms with Gasteiger partial charge in [0.2, 0.25) is 5.91 Å². The van der Waals surface area contributed by atoms with Crippen LogP contribution in [0.3, 0.4) is 0 Å². The van der Waals surface area contributed by atoms with Gasteiger partial charge in [-0.3, -0.25) is 9.52 Å². The van der Waals surface area contributed by atoms with Gasteiger partial charge in [0.25, 0.3) is 10.0 Å². The predicted molar refractivity (Wildman–Crippen MR) is 128 cm³/mol. The molecule has 0 radical (unpaired) electrons. The maximum Gasteiger partial charge on any atom is 0.490 e. The van der Waals surface area contributed by atoms with Crippen molar-refractivity contribution >= 4 is 39.2 Å². The first-order valence-corrected chi connectivity index (χ1v) is 13.2. The fourth-order valence-electron chi connectivity index (χ4n) is 4.03. The average molecular weight is 547 g/mol. The minimum absolute atomic E-state index is 0.110. The van der Waals surface area contributed by atoms with Crippen molar-refractivity contribution < 1.29 is 36.3 Å². The van der Waals surface area contributed by atoms with Crippen molar-refractivity contribution in [3.63, 3.8) is 0 Å². The monoisotopic (exact) mass is 546 g/mol. The SMILES string of the molecule is O=C(NC1CCCCC1)C1(c2ccc(NS(=O)(=O)c3ccc(Cl)cc3)cc2)CC1.O=C(O)C(F)(F)F. The Morgan fingerprint density at radius 1 is 0.944 bits per heavy atom. The number of hydrogen-bond acceptors (Lipinski definition) is 4. The van der Waals surface area contributed by atoms with E-state index in [9.17, 15) is 26.4 Å². The zero-order chi connectivity index (χ0) is 26.6. The highest BCUT2D eigenvalue weighted by Crippen LogP contribution is 2.49. The Bertz CT molecular complexity index is 1180. The Morgan fingerprint density at radius 3 is 1.94 bits per heavy atom. The van der Waals surface area contributed by atoms with Crippen molar-refractivity contribution in [2.24, 2.45) is 0 Å². The van der Waals surface area contributed by atoms with Crippen LogP contribution < -0.4 is 10.0 Å². The molecule has 0 atom stereocenters. The summed E-state index contributed by atoms with van der Waals surface area (Å²) in [6, 6.07) is 13.5. The largest absolute Gasteiger partial charge is 0.490 e. The van der Waals surface area contributed by atoms with Gasteiger partial charge >= 0.3 is 12.1 Å².